The Balaban J connectivity index is 1.54. The molecule has 160 valence electrons. The second-order valence-corrected chi connectivity index (χ2v) is 7.14. The van der Waals surface area contributed by atoms with Crippen molar-refractivity contribution in [1.82, 2.24) is 10.6 Å². The quantitative estimate of drug-likeness (QED) is 0.367. The molecule has 31 heavy (non-hydrogen) atoms. The molecule has 0 unspecified atom stereocenters. The zero-order valence-electron chi connectivity index (χ0n) is 17.6. The number of amides is 2. The summed E-state index contributed by atoms with van der Waals surface area (Å²) in [7, 11) is 0. The van der Waals surface area contributed by atoms with E-state index in [1.165, 1.54) is 0 Å². The van der Waals surface area contributed by atoms with Crippen molar-refractivity contribution in [1.29, 1.82) is 0 Å². The Labute approximate surface area is 182 Å². The molecule has 1 heterocycles. The van der Waals surface area contributed by atoms with Crippen molar-refractivity contribution in [3.8, 4) is 12.3 Å². The van der Waals surface area contributed by atoms with Crippen LogP contribution in [-0.4, -0.2) is 37.4 Å². The Morgan fingerprint density at radius 2 is 2.00 bits per heavy atom. The van der Waals surface area contributed by atoms with Gasteiger partial charge in [-0.1, -0.05) is 24.1 Å². The van der Waals surface area contributed by atoms with Gasteiger partial charge in [-0.2, -0.15) is 0 Å². The van der Waals surface area contributed by atoms with Crippen molar-refractivity contribution >= 4 is 29.1 Å². The molecule has 0 spiro atoms. The van der Waals surface area contributed by atoms with Crippen LogP contribution in [0.5, 0.6) is 0 Å². The van der Waals surface area contributed by atoms with Gasteiger partial charge in [0.05, 0.1) is 13.1 Å². The van der Waals surface area contributed by atoms with E-state index in [0.29, 0.717) is 36.7 Å². The summed E-state index contributed by atoms with van der Waals surface area (Å²) in [6.07, 6.45) is 6.92. The minimum atomic E-state index is -0.195. The van der Waals surface area contributed by atoms with Crippen LogP contribution in [0.15, 0.2) is 53.5 Å². The molecule has 0 saturated carbocycles. The third kappa shape index (κ3) is 6.34. The maximum absolute atomic E-state index is 12.2. The van der Waals surface area contributed by atoms with E-state index in [1.54, 1.807) is 24.3 Å². The van der Waals surface area contributed by atoms with Gasteiger partial charge in [0.2, 0.25) is 11.8 Å². The average molecular weight is 418 g/mol. The Morgan fingerprint density at radius 3 is 2.68 bits per heavy atom. The van der Waals surface area contributed by atoms with Crippen LogP contribution in [0, 0.1) is 12.3 Å². The highest BCUT2D eigenvalue weighted by Crippen LogP contribution is 2.21. The van der Waals surface area contributed by atoms with Gasteiger partial charge in [0, 0.05) is 36.4 Å². The molecule has 3 N–H and O–H groups in total. The Morgan fingerprint density at radius 1 is 1.19 bits per heavy atom. The second kappa shape index (κ2) is 10.8. The summed E-state index contributed by atoms with van der Waals surface area (Å²) in [6, 6.07) is 15.0. The number of hydrogen-bond donors (Lipinski definition) is 3. The minimum absolute atomic E-state index is 0.0716. The highest BCUT2D eigenvalue weighted by Gasteiger charge is 2.21. The van der Waals surface area contributed by atoms with Crippen molar-refractivity contribution in [3.63, 3.8) is 0 Å². The van der Waals surface area contributed by atoms with Crippen molar-refractivity contribution in [2.75, 3.05) is 29.9 Å². The summed E-state index contributed by atoms with van der Waals surface area (Å²) < 4.78 is 0. The molecule has 1 saturated heterocycles. The third-order valence-electron chi connectivity index (χ3n) is 4.81. The number of carbonyl (C=O) groups excluding carboxylic acids is 2. The lowest BCUT2D eigenvalue weighted by Gasteiger charge is -2.16. The Hall–Kier alpha value is -3.79. The number of nitrogens with zero attached hydrogens (tertiary/aromatic N) is 2. The van der Waals surface area contributed by atoms with Gasteiger partial charge in [-0.05, 0) is 49.2 Å². The van der Waals surface area contributed by atoms with Gasteiger partial charge in [-0.25, -0.2) is 4.99 Å². The fraction of sp³-hybridized carbons (Fsp3) is 0.292. The SMILES string of the molecule is C#Cc1cccc(NC(=O)CNC(=NCc2ccc(N3CCCC3=O)cc2)NCC)c1. The summed E-state index contributed by atoms with van der Waals surface area (Å²) in [5.41, 5.74) is 3.30. The Bertz CT molecular complexity index is 992. The molecule has 0 aromatic heterocycles. The first-order valence-electron chi connectivity index (χ1n) is 10.4. The molecule has 7 nitrogen and oxygen atoms in total. The molecule has 0 radical (unpaired) electrons. The van der Waals surface area contributed by atoms with Crippen molar-refractivity contribution in [2.45, 2.75) is 26.3 Å². The first-order chi connectivity index (χ1) is 15.1. The van der Waals surface area contributed by atoms with Crippen LogP contribution < -0.4 is 20.9 Å². The van der Waals surface area contributed by atoms with Gasteiger partial charge < -0.3 is 20.9 Å². The smallest absolute Gasteiger partial charge is 0.243 e. The lowest BCUT2D eigenvalue weighted by Crippen LogP contribution is -2.41. The van der Waals surface area contributed by atoms with Crippen LogP contribution in [-0.2, 0) is 16.1 Å². The number of benzene rings is 2. The van der Waals surface area contributed by atoms with Gasteiger partial charge in [-0.15, -0.1) is 6.42 Å². The maximum atomic E-state index is 12.2. The van der Waals surface area contributed by atoms with Crippen LogP contribution in [0.25, 0.3) is 0 Å². The van der Waals surface area contributed by atoms with Crippen LogP contribution in [0.1, 0.15) is 30.9 Å². The molecular formula is C24H27N5O2. The largest absolute Gasteiger partial charge is 0.357 e. The summed E-state index contributed by atoms with van der Waals surface area (Å²) >= 11 is 0. The molecule has 2 aromatic carbocycles. The molecule has 0 atom stereocenters. The predicted molar refractivity (Wildman–Crippen MR) is 124 cm³/mol. The molecule has 2 aromatic rings. The first-order valence-corrected chi connectivity index (χ1v) is 10.4. The van der Waals surface area contributed by atoms with E-state index in [1.807, 2.05) is 36.1 Å². The lowest BCUT2D eigenvalue weighted by atomic mass is 10.2. The van der Waals surface area contributed by atoms with Crippen LogP contribution in [0.2, 0.25) is 0 Å². The number of anilines is 2. The Kier molecular flexibility index (Phi) is 7.66. The zero-order valence-corrected chi connectivity index (χ0v) is 17.6. The van der Waals surface area contributed by atoms with Gasteiger partial charge in [0.25, 0.3) is 0 Å². The number of aliphatic imine (C=N–C) groups is 1. The number of rotatable bonds is 7. The molecule has 1 aliphatic heterocycles. The molecule has 3 rings (SSSR count). The predicted octanol–water partition coefficient (Wildman–Crippen LogP) is 2.49. The minimum Gasteiger partial charge on any atom is -0.357 e. The molecule has 1 aliphatic rings. The van der Waals surface area contributed by atoms with Crippen LogP contribution in [0.3, 0.4) is 0 Å². The van der Waals surface area contributed by atoms with Crippen molar-refractivity contribution in [2.24, 2.45) is 4.99 Å². The highest BCUT2D eigenvalue weighted by atomic mass is 16.2. The lowest BCUT2D eigenvalue weighted by molar-refractivity contribution is -0.117. The summed E-state index contributed by atoms with van der Waals surface area (Å²) in [4.78, 5) is 30.5. The van der Waals surface area contributed by atoms with Gasteiger partial charge in [-0.3, -0.25) is 9.59 Å². The average Bonchev–Trinajstić information content (AvgIpc) is 3.22. The van der Waals surface area contributed by atoms with Crippen molar-refractivity contribution < 1.29 is 9.59 Å². The molecule has 2 amide bonds. The number of terminal acetylenes is 1. The summed E-state index contributed by atoms with van der Waals surface area (Å²) in [6.45, 7) is 3.94. The van der Waals surface area contributed by atoms with Gasteiger partial charge in [0.1, 0.15) is 0 Å². The van der Waals surface area contributed by atoms with E-state index >= 15 is 0 Å². The highest BCUT2D eigenvalue weighted by molar-refractivity contribution is 5.96. The molecule has 0 aliphatic carbocycles. The van der Waals surface area contributed by atoms with Gasteiger partial charge in [0.15, 0.2) is 5.96 Å². The number of nitrogens with one attached hydrogen (secondary N) is 3. The van der Waals surface area contributed by atoms with E-state index in [9.17, 15) is 9.59 Å². The van der Waals surface area contributed by atoms with E-state index in [2.05, 4.69) is 26.9 Å². The molecule has 1 fully saturated rings. The van der Waals surface area contributed by atoms with E-state index in [-0.39, 0.29) is 18.4 Å². The number of carbonyl (C=O) groups is 2. The van der Waals surface area contributed by atoms with E-state index in [0.717, 1.165) is 24.2 Å². The fourth-order valence-electron chi connectivity index (χ4n) is 3.27. The standard InChI is InChI=1S/C24H27N5O2/c1-3-18-7-5-8-20(15-18)28-22(30)17-27-24(25-4-2)26-16-19-10-12-21(13-11-19)29-14-6-9-23(29)31/h1,5,7-8,10-13,15H,4,6,9,14,16-17H2,2H3,(H,28,30)(H2,25,26,27). The monoisotopic (exact) mass is 417 g/mol. The molecule has 0 bridgehead atoms. The van der Waals surface area contributed by atoms with E-state index in [4.69, 9.17) is 6.42 Å². The van der Waals surface area contributed by atoms with Crippen molar-refractivity contribution in [3.05, 3.63) is 59.7 Å². The zero-order chi connectivity index (χ0) is 22.1. The maximum Gasteiger partial charge on any atom is 0.243 e. The van der Waals surface area contributed by atoms with Crippen LogP contribution in [0.4, 0.5) is 11.4 Å². The number of guanidine groups is 1. The summed E-state index contributed by atoms with van der Waals surface area (Å²) in [5, 5.41) is 8.98. The van der Waals surface area contributed by atoms with Crippen LogP contribution >= 0.6 is 0 Å². The topological polar surface area (TPSA) is 85.8 Å². The van der Waals surface area contributed by atoms with E-state index < -0.39 is 0 Å². The first kappa shape index (κ1) is 21.9. The third-order valence-corrected chi connectivity index (χ3v) is 4.81. The molecule has 7 heteroatoms. The van der Waals surface area contributed by atoms with Gasteiger partial charge >= 0.3 is 0 Å². The second-order valence-electron chi connectivity index (χ2n) is 7.14. The molecular weight excluding hydrogens is 390 g/mol. The normalized spacial score (nSPS) is 13.6. The fourth-order valence-corrected chi connectivity index (χ4v) is 3.27. The number of hydrogen-bond acceptors (Lipinski definition) is 3. The summed E-state index contributed by atoms with van der Waals surface area (Å²) in [5.74, 6) is 3.08.